The van der Waals surface area contributed by atoms with Gasteiger partial charge in [0.15, 0.2) is 0 Å². The average Bonchev–Trinajstić information content (AvgIpc) is 2.15. The van der Waals surface area contributed by atoms with Gasteiger partial charge in [0.1, 0.15) is 0 Å². The fourth-order valence-electron chi connectivity index (χ4n) is 1.73. The topological polar surface area (TPSA) is 35.5 Å². The van der Waals surface area contributed by atoms with E-state index in [0.717, 1.165) is 9.13 Å². The van der Waals surface area contributed by atoms with Gasteiger partial charge in [-0.15, -0.1) is 0 Å². The van der Waals surface area contributed by atoms with E-state index >= 15 is 0 Å². The Kier molecular flexibility index (Phi) is 5.87. The summed E-state index contributed by atoms with van der Waals surface area (Å²) >= 11 is 2.25. The lowest BCUT2D eigenvalue weighted by atomic mass is 10.2. The average molecular weight is 410 g/mol. The van der Waals surface area contributed by atoms with Crippen LogP contribution in [0.25, 0.3) is 0 Å². The Bertz CT molecular complexity index is 463. The van der Waals surface area contributed by atoms with Crippen molar-refractivity contribution in [2.45, 2.75) is 58.9 Å². The minimum atomic E-state index is -3.20. The van der Waals surface area contributed by atoms with Crippen molar-refractivity contribution in [3.05, 3.63) is 33.4 Å². The molecule has 1 rings (SSSR count). The van der Waals surface area contributed by atoms with Gasteiger partial charge in [-0.3, -0.25) is 4.57 Å². The molecule has 0 unspecified atom stereocenters. The highest BCUT2D eigenvalue weighted by Gasteiger charge is 2.35. The first-order chi connectivity index (χ1) is 8.89. The van der Waals surface area contributed by atoms with Gasteiger partial charge >= 0.3 is 7.60 Å². The van der Waals surface area contributed by atoms with Gasteiger partial charge in [0.05, 0.1) is 17.4 Å². The lowest BCUT2D eigenvalue weighted by molar-refractivity contribution is 0.0485. The molecule has 0 heterocycles. The molecule has 0 radical (unpaired) electrons. The van der Waals surface area contributed by atoms with Crippen LogP contribution in [0.5, 0.6) is 0 Å². The Morgan fingerprint density at radius 3 is 1.70 bits per heavy atom. The van der Waals surface area contributed by atoms with Crippen molar-refractivity contribution >= 4 is 30.2 Å². The Morgan fingerprint density at radius 2 is 1.35 bits per heavy atom. The minimum absolute atomic E-state index is 0.290. The van der Waals surface area contributed by atoms with Crippen LogP contribution in [-0.4, -0.2) is 11.2 Å². The predicted molar refractivity (Wildman–Crippen MR) is 92.1 cm³/mol. The molecule has 1 aromatic rings. The molecular formula is C15H24IO3P. The first-order valence-corrected chi connectivity index (χ1v) is 9.44. The molecule has 0 fully saturated rings. The van der Waals surface area contributed by atoms with Crippen molar-refractivity contribution in [3.63, 3.8) is 0 Å². The molecule has 0 saturated heterocycles. The van der Waals surface area contributed by atoms with E-state index in [1.54, 1.807) is 0 Å². The number of hydrogen-bond donors (Lipinski definition) is 0. The van der Waals surface area contributed by atoms with Gasteiger partial charge in [-0.25, -0.2) is 0 Å². The van der Waals surface area contributed by atoms with Crippen LogP contribution in [0.4, 0.5) is 0 Å². The molecule has 0 aliphatic heterocycles. The molecule has 20 heavy (non-hydrogen) atoms. The summed E-state index contributed by atoms with van der Waals surface area (Å²) < 4.78 is 25.7. The van der Waals surface area contributed by atoms with Crippen LogP contribution in [0.15, 0.2) is 24.3 Å². The number of hydrogen-bond acceptors (Lipinski definition) is 3. The summed E-state index contributed by atoms with van der Waals surface area (Å²) in [6.45, 7) is 11.3. The normalized spacial score (nSPS) is 13.6. The molecule has 1 aromatic carbocycles. The van der Waals surface area contributed by atoms with Crippen LogP contribution < -0.4 is 0 Å². The molecule has 3 nitrogen and oxygen atoms in total. The third-order valence-corrected chi connectivity index (χ3v) is 5.24. The first-order valence-electron chi connectivity index (χ1n) is 6.64. The van der Waals surface area contributed by atoms with Crippen LogP contribution in [0.1, 0.15) is 47.1 Å². The van der Waals surface area contributed by atoms with Crippen LogP contribution in [0, 0.1) is 3.57 Å². The van der Waals surface area contributed by atoms with E-state index in [0.29, 0.717) is 6.16 Å². The summed E-state index contributed by atoms with van der Waals surface area (Å²) in [7, 11) is -3.20. The molecule has 0 saturated carbocycles. The second kappa shape index (κ2) is 6.47. The molecule has 0 amide bonds. The summed E-state index contributed by atoms with van der Waals surface area (Å²) in [5.74, 6) is 0. The second-order valence-corrected chi connectivity index (χ2v) is 9.95. The Labute approximate surface area is 136 Å². The van der Waals surface area contributed by atoms with Crippen LogP contribution in [-0.2, 0) is 19.8 Å². The van der Waals surface area contributed by atoms with E-state index in [9.17, 15) is 4.57 Å². The van der Waals surface area contributed by atoms with E-state index in [2.05, 4.69) is 22.6 Å². The standard InChI is InChI=1S/C15H24IO3P/c1-14(2,3)18-20(17,19-15(4,5)6)11-12-7-9-13(16)10-8-12/h7-10H,11H2,1-6H3. The Morgan fingerprint density at radius 1 is 0.950 bits per heavy atom. The maximum absolute atomic E-state index is 13.1. The first kappa shape index (κ1) is 18.1. The van der Waals surface area contributed by atoms with Crippen molar-refractivity contribution in [1.29, 1.82) is 0 Å². The summed E-state index contributed by atoms with van der Waals surface area (Å²) in [5.41, 5.74) is -0.0595. The summed E-state index contributed by atoms with van der Waals surface area (Å²) in [6.07, 6.45) is 0.290. The van der Waals surface area contributed by atoms with E-state index in [1.165, 1.54) is 0 Å². The molecule has 0 spiro atoms. The van der Waals surface area contributed by atoms with Gasteiger partial charge in [0.2, 0.25) is 0 Å². The van der Waals surface area contributed by atoms with Gasteiger partial charge in [-0.05, 0) is 81.8 Å². The van der Waals surface area contributed by atoms with Crippen LogP contribution >= 0.6 is 30.2 Å². The van der Waals surface area contributed by atoms with E-state index in [4.69, 9.17) is 9.05 Å². The fourth-order valence-corrected chi connectivity index (χ4v) is 4.58. The van der Waals surface area contributed by atoms with Gasteiger partial charge in [-0.1, -0.05) is 12.1 Å². The largest absolute Gasteiger partial charge is 0.336 e. The monoisotopic (exact) mass is 410 g/mol. The minimum Gasteiger partial charge on any atom is -0.303 e. The van der Waals surface area contributed by atoms with Gasteiger partial charge in [0, 0.05) is 3.57 Å². The number of rotatable bonds is 4. The highest BCUT2D eigenvalue weighted by atomic mass is 127. The third-order valence-electron chi connectivity index (χ3n) is 2.12. The highest BCUT2D eigenvalue weighted by molar-refractivity contribution is 14.1. The maximum atomic E-state index is 13.1. The van der Waals surface area contributed by atoms with Gasteiger partial charge in [-0.2, -0.15) is 0 Å². The van der Waals surface area contributed by atoms with Crippen LogP contribution in [0.2, 0.25) is 0 Å². The highest BCUT2D eigenvalue weighted by Crippen LogP contribution is 2.56. The molecule has 0 aliphatic rings. The van der Waals surface area contributed by atoms with Crippen LogP contribution in [0.3, 0.4) is 0 Å². The van der Waals surface area contributed by atoms with Gasteiger partial charge in [0.25, 0.3) is 0 Å². The molecule has 0 atom stereocenters. The van der Waals surface area contributed by atoms with Crippen molar-refractivity contribution in [1.82, 2.24) is 0 Å². The summed E-state index contributed by atoms with van der Waals surface area (Å²) in [4.78, 5) is 0. The third kappa shape index (κ3) is 7.21. The lowest BCUT2D eigenvalue weighted by Crippen LogP contribution is -2.24. The maximum Gasteiger partial charge on any atom is 0.336 e. The molecule has 0 N–H and O–H groups in total. The lowest BCUT2D eigenvalue weighted by Gasteiger charge is -2.32. The molecular weight excluding hydrogens is 386 g/mol. The smallest absolute Gasteiger partial charge is 0.303 e. The van der Waals surface area contributed by atoms with E-state index in [-0.39, 0.29) is 0 Å². The Balaban J connectivity index is 2.98. The van der Waals surface area contributed by atoms with Crippen molar-refractivity contribution < 1.29 is 13.6 Å². The zero-order valence-corrected chi connectivity index (χ0v) is 16.1. The fraction of sp³-hybridized carbons (Fsp3) is 0.600. The number of halogens is 1. The predicted octanol–water partition coefficient (Wildman–Crippen LogP) is 5.61. The van der Waals surface area contributed by atoms with Crippen molar-refractivity contribution in [2.24, 2.45) is 0 Å². The molecule has 0 aliphatic carbocycles. The quantitative estimate of drug-likeness (QED) is 0.478. The zero-order valence-electron chi connectivity index (χ0n) is 13.1. The molecule has 0 aromatic heterocycles. The SMILES string of the molecule is CC(C)(C)OP(=O)(Cc1ccc(I)cc1)OC(C)(C)C. The molecule has 114 valence electrons. The zero-order chi connectivity index (χ0) is 15.6. The number of benzene rings is 1. The Hall–Kier alpha value is 0.1000. The molecule has 5 heteroatoms. The summed E-state index contributed by atoms with van der Waals surface area (Å²) in [5, 5.41) is 0. The van der Waals surface area contributed by atoms with E-state index in [1.807, 2.05) is 65.8 Å². The summed E-state index contributed by atoms with van der Waals surface area (Å²) in [6, 6.07) is 7.92. The second-order valence-electron chi connectivity index (χ2n) is 6.80. The van der Waals surface area contributed by atoms with E-state index < -0.39 is 18.8 Å². The molecule has 0 bridgehead atoms. The van der Waals surface area contributed by atoms with Crippen molar-refractivity contribution in [2.75, 3.05) is 0 Å². The van der Waals surface area contributed by atoms with Crippen molar-refractivity contribution in [3.8, 4) is 0 Å². The van der Waals surface area contributed by atoms with Gasteiger partial charge < -0.3 is 9.05 Å².